The Morgan fingerprint density at radius 2 is 1.85 bits per heavy atom. The normalized spacial score (nSPS) is 12.3. The molecule has 3 aromatic rings. The number of rotatable bonds is 6. The lowest BCUT2D eigenvalue weighted by atomic mass is 10.1. The van der Waals surface area contributed by atoms with Gasteiger partial charge >= 0.3 is 0 Å². The van der Waals surface area contributed by atoms with Crippen LogP contribution in [0.15, 0.2) is 59.7 Å². The quantitative estimate of drug-likeness (QED) is 0.553. The summed E-state index contributed by atoms with van der Waals surface area (Å²) in [7, 11) is 4.16. The van der Waals surface area contributed by atoms with Crippen LogP contribution < -0.4 is 5.36 Å². The number of nitrogens with zero attached hydrogens (tertiary/aromatic N) is 3. The van der Waals surface area contributed by atoms with Crippen molar-refractivity contribution < 1.29 is 0 Å². The monoisotopic (exact) mass is 387 g/mol. The highest BCUT2D eigenvalue weighted by molar-refractivity contribution is 6.31. The zero-order valence-corrected chi connectivity index (χ0v) is 16.6. The number of aromatic nitrogens is 1. The van der Waals surface area contributed by atoms with Gasteiger partial charge in [-0.1, -0.05) is 41.4 Å². The number of benzene rings is 2. The molecule has 3 rings (SSSR count). The molecular formula is C21H23Cl2N3. The predicted molar refractivity (Wildman–Crippen MR) is 111 cm³/mol. The molecule has 0 N–H and O–H groups in total. The van der Waals surface area contributed by atoms with E-state index in [9.17, 15) is 0 Å². The SMILES string of the molecule is CN(C)CCCN=c1ccn(Cc2ccccc2Cl)c2cc(Cl)ccc12. The van der Waals surface area contributed by atoms with E-state index < -0.39 is 0 Å². The number of pyridine rings is 1. The van der Waals surface area contributed by atoms with E-state index in [-0.39, 0.29) is 0 Å². The molecule has 0 spiro atoms. The molecule has 5 heteroatoms. The standard InChI is InChI=1S/C21H23Cl2N3/c1-25(2)12-5-11-24-20-10-13-26(15-16-6-3-4-7-19(16)23)21-14-17(22)8-9-18(20)21/h3-4,6-10,13-14H,5,11-12,15H2,1-2H3. The molecule has 0 amide bonds. The molecule has 0 fully saturated rings. The molecule has 1 heterocycles. The molecule has 0 saturated carbocycles. The van der Waals surface area contributed by atoms with Gasteiger partial charge in [0.2, 0.25) is 0 Å². The smallest absolute Gasteiger partial charge is 0.0682 e. The summed E-state index contributed by atoms with van der Waals surface area (Å²) in [5, 5.41) is 3.60. The molecule has 0 radical (unpaired) electrons. The first kappa shape index (κ1) is 19.0. The maximum atomic E-state index is 6.34. The summed E-state index contributed by atoms with van der Waals surface area (Å²) >= 11 is 12.6. The van der Waals surface area contributed by atoms with Gasteiger partial charge in [-0.25, -0.2) is 0 Å². The molecule has 0 atom stereocenters. The maximum absolute atomic E-state index is 6.34. The second kappa shape index (κ2) is 8.72. The van der Waals surface area contributed by atoms with Crippen LogP contribution in [-0.4, -0.2) is 36.7 Å². The van der Waals surface area contributed by atoms with Crippen LogP contribution in [0.3, 0.4) is 0 Å². The van der Waals surface area contributed by atoms with Crippen LogP contribution in [0.5, 0.6) is 0 Å². The Morgan fingerprint density at radius 1 is 1.04 bits per heavy atom. The van der Waals surface area contributed by atoms with Gasteiger partial charge in [0.1, 0.15) is 0 Å². The van der Waals surface area contributed by atoms with Crippen molar-refractivity contribution in [3.63, 3.8) is 0 Å². The van der Waals surface area contributed by atoms with Crippen molar-refractivity contribution in [1.82, 2.24) is 9.47 Å². The van der Waals surface area contributed by atoms with Gasteiger partial charge in [-0.05, 0) is 63.0 Å². The Labute approximate surface area is 164 Å². The Bertz CT molecular complexity index is 961. The van der Waals surface area contributed by atoms with Crippen molar-refractivity contribution in [3.05, 3.63) is 75.7 Å². The first-order chi connectivity index (χ1) is 12.5. The van der Waals surface area contributed by atoms with E-state index in [4.69, 9.17) is 28.2 Å². The third-order valence-electron chi connectivity index (χ3n) is 4.30. The highest BCUT2D eigenvalue weighted by Gasteiger charge is 2.06. The van der Waals surface area contributed by atoms with Gasteiger partial charge in [0.25, 0.3) is 0 Å². The lowest BCUT2D eigenvalue weighted by molar-refractivity contribution is 0.403. The number of halogens is 2. The topological polar surface area (TPSA) is 20.5 Å². The van der Waals surface area contributed by atoms with Crippen molar-refractivity contribution >= 4 is 34.1 Å². The fraction of sp³-hybridized carbons (Fsp3) is 0.286. The summed E-state index contributed by atoms with van der Waals surface area (Å²) in [5.41, 5.74) is 2.14. The molecule has 0 aliphatic heterocycles. The molecule has 136 valence electrons. The third-order valence-corrected chi connectivity index (χ3v) is 4.91. The van der Waals surface area contributed by atoms with E-state index in [2.05, 4.69) is 35.8 Å². The second-order valence-electron chi connectivity index (χ2n) is 6.62. The van der Waals surface area contributed by atoms with E-state index in [0.29, 0.717) is 6.54 Å². The third kappa shape index (κ3) is 4.67. The average Bonchev–Trinajstić information content (AvgIpc) is 2.61. The van der Waals surface area contributed by atoms with Gasteiger partial charge in [0.15, 0.2) is 0 Å². The summed E-state index contributed by atoms with van der Waals surface area (Å²) in [4.78, 5) is 6.97. The van der Waals surface area contributed by atoms with Crippen LogP contribution >= 0.6 is 23.2 Å². The fourth-order valence-electron chi connectivity index (χ4n) is 2.96. The minimum Gasteiger partial charge on any atom is -0.343 e. The summed E-state index contributed by atoms with van der Waals surface area (Å²) in [6.45, 7) is 2.54. The predicted octanol–water partition coefficient (Wildman–Crippen LogP) is 4.85. The van der Waals surface area contributed by atoms with Gasteiger partial charge in [-0.2, -0.15) is 0 Å². The summed E-state index contributed by atoms with van der Waals surface area (Å²) in [6.07, 6.45) is 3.10. The second-order valence-corrected chi connectivity index (χ2v) is 7.46. The van der Waals surface area contributed by atoms with Crippen LogP contribution in [-0.2, 0) is 6.54 Å². The van der Waals surface area contributed by atoms with E-state index in [1.165, 1.54) is 0 Å². The highest BCUT2D eigenvalue weighted by Crippen LogP contribution is 2.21. The van der Waals surface area contributed by atoms with Crippen LogP contribution in [0.2, 0.25) is 10.0 Å². The molecule has 26 heavy (non-hydrogen) atoms. The van der Waals surface area contributed by atoms with Crippen molar-refractivity contribution in [1.29, 1.82) is 0 Å². The van der Waals surface area contributed by atoms with E-state index in [1.54, 1.807) is 0 Å². The van der Waals surface area contributed by atoms with E-state index in [0.717, 1.165) is 51.4 Å². The van der Waals surface area contributed by atoms with Gasteiger partial charge in [0, 0.05) is 34.7 Å². The summed E-state index contributed by atoms with van der Waals surface area (Å²) < 4.78 is 2.17. The molecule has 0 saturated heterocycles. The van der Waals surface area contributed by atoms with Gasteiger partial charge < -0.3 is 9.47 Å². The molecule has 0 aliphatic rings. The molecule has 2 aromatic carbocycles. The van der Waals surface area contributed by atoms with Crippen LogP contribution in [0.4, 0.5) is 0 Å². The van der Waals surface area contributed by atoms with Crippen molar-refractivity contribution in [2.75, 3.05) is 27.2 Å². The zero-order valence-electron chi connectivity index (χ0n) is 15.1. The largest absolute Gasteiger partial charge is 0.343 e. The maximum Gasteiger partial charge on any atom is 0.0682 e. The molecule has 1 aromatic heterocycles. The Hall–Kier alpha value is -1.81. The number of fused-ring (bicyclic) bond motifs is 1. The number of hydrogen-bond acceptors (Lipinski definition) is 2. The summed E-state index contributed by atoms with van der Waals surface area (Å²) in [5.74, 6) is 0. The zero-order chi connectivity index (χ0) is 18.5. The number of hydrogen-bond donors (Lipinski definition) is 0. The molecule has 3 nitrogen and oxygen atoms in total. The van der Waals surface area contributed by atoms with Crippen molar-refractivity contribution in [2.24, 2.45) is 4.99 Å². The molecule has 0 aliphatic carbocycles. The highest BCUT2D eigenvalue weighted by atomic mass is 35.5. The Kier molecular flexibility index (Phi) is 6.36. The Balaban J connectivity index is 1.98. The van der Waals surface area contributed by atoms with Crippen molar-refractivity contribution in [3.8, 4) is 0 Å². The minimum atomic E-state index is 0.692. The van der Waals surface area contributed by atoms with Crippen LogP contribution in [0.25, 0.3) is 10.9 Å². The first-order valence-corrected chi connectivity index (χ1v) is 9.47. The van der Waals surface area contributed by atoms with E-state index >= 15 is 0 Å². The van der Waals surface area contributed by atoms with E-state index in [1.807, 2.05) is 42.5 Å². The lowest BCUT2D eigenvalue weighted by Crippen LogP contribution is -2.15. The first-order valence-electron chi connectivity index (χ1n) is 8.72. The summed E-state index contributed by atoms with van der Waals surface area (Å²) in [6, 6.07) is 15.9. The lowest BCUT2D eigenvalue weighted by Gasteiger charge is -2.13. The average molecular weight is 388 g/mol. The van der Waals surface area contributed by atoms with Gasteiger partial charge in [0.05, 0.1) is 10.9 Å². The minimum absolute atomic E-state index is 0.692. The van der Waals surface area contributed by atoms with Crippen molar-refractivity contribution in [2.45, 2.75) is 13.0 Å². The molecule has 0 bridgehead atoms. The fourth-order valence-corrected chi connectivity index (χ4v) is 3.32. The van der Waals surface area contributed by atoms with Crippen LogP contribution in [0.1, 0.15) is 12.0 Å². The van der Waals surface area contributed by atoms with Crippen LogP contribution in [0, 0.1) is 0 Å². The van der Waals surface area contributed by atoms with Gasteiger partial charge in [-0.3, -0.25) is 4.99 Å². The Morgan fingerprint density at radius 3 is 2.62 bits per heavy atom. The molecule has 0 unspecified atom stereocenters. The van der Waals surface area contributed by atoms with Gasteiger partial charge in [-0.15, -0.1) is 0 Å². The molecular weight excluding hydrogens is 365 g/mol.